The summed E-state index contributed by atoms with van der Waals surface area (Å²) in [7, 11) is 0. The second kappa shape index (κ2) is 9.96. The Morgan fingerprint density at radius 3 is 2.60 bits per heavy atom. The highest BCUT2D eigenvalue weighted by Crippen LogP contribution is 2.29. The summed E-state index contributed by atoms with van der Waals surface area (Å²) in [4.78, 5) is 24.5. The first-order valence-corrected chi connectivity index (χ1v) is 10.1. The maximum atomic E-state index is 12.6. The highest BCUT2D eigenvalue weighted by molar-refractivity contribution is 5.90. The van der Waals surface area contributed by atoms with E-state index < -0.39 is 11.6 Å². The fraction of sp³-hybridized carbons (Fsp3) is 0.333. The molecule has 1 heterocycles. The molecule has 6 heteroatoms. The molecule has 0 unspecified atom stereocenters. The average molecular weight is 410 g/mol. The Morgan fingerprint density at radius 1 is 1.00 bits per heavy atom. The van der Waals surface area contributed by atoms with E-state index in [0.29, 0.717) is 41.4 Å². The van der Waals surface area contributed by atoms with Gasteiger partial charge in [0.15, 0.2) is 11.5 Å². The van der Waals surface area contributed by atoms with Crippen molar-refractivity contribution < 1.29 is 23.4 Å². The molecule has 0 amide bonds. The molecular weight excluding hydrogens is 384 g/mol. The van der Waals surface area contributed by atoms with E-state index in [1.165, 1.54) is 6.07 Å². The third-order valence-corrected chi connectivity index (χ3v) is 4.58. The molecule has 0 spiro atoms. The Balaban J connectivity index is 1.77. The third-order valence-electron chi connectivity index (χ3n) is 4.58. The lowest BCUT2D eigenvalue weighted by atomic mass is 10.1. The van der Waals surface area contributed by atoms with E-state index in [-0.39, 0.29) is 6.61 Å². The van der Waals surface area contributed by atoms with Crippen molar-refractivity contribution in [2.45, 2.75) is 40.2 Å². The van der Waals surface area contributed by atoms with Gasteiger partial charge in [0, 0.05) is 17.0 Å². The zero-order chi connectivity index (χ0) is 21.5. The van der Waals surface area contributed by atoms with Gasteiger partial charge < -0.3 is 18.6 Å². The van der Waals surface area contributed by atoms with Gasteiger partial charge in [0.2, 0.25) is 0 Å². The van der Waals surface area contributed by atoms with Crippen LogP contribution < -0.4 is 15.1 Å². The summed E-state index contributed by atoms with van der Waals surface area (Å²) in [6.45, 7) is 6.87. The molecule has 0 aliphatic carbocycles. The molecule has 3 aromatic rings. The van der Waals surface area contributed by atoms with Gasteiger partial charge in [-0.25, -0.2) is 9.59 Å². The first-order valence-electron chi connectivity index (χ1n) is 10.1. The van der Waals surface area contributed by atoms with Crippen LogP contribution in [0.5, 0.6) is 11.5 Å². The van der Waals surface area contributed by atoms with Gasteiger partial charge in [-0.2, -0.15) is 0 Å². The molecule has 0 saturated carbocycles. The molecule has 30 heavy (non-hydrogen) atoms. The Kier molecular flexibility index (Phi) is 7.12. The van der Waals surface area contributed by atoms with E-state index in [0.717, 1.165) is 23.8 Å². The van der Waals surface area contributed by atoms with Crippen molar-refractivity contribution in [2.24, 2.45) is 0 Å². The van der Waals surface area contributed by atoms with Gasteiger partial charge >= 0.3 is 11.6 Å². The molecule has 3 rings (SSSR count). The number of aryl methyl sites for hydroxylation is 1. The zero-order valence-corrected chi connectivity index (χ0v) is 17.5. The summed E-state index contributed by atoms with van der Waals surface area (Å²) in [6, 6.07) is 11.9. The van der Waals surface area contributed by atoms with Crippen LogP contribution in [-0.2, 0) is 11.3 Å². The molecule has 6 nitrogen and oxygen atoms in total. The van der Waals surface area contributed by atoms with Crippen LogP contribution in [0.2, 0.25) is 0 Å². The van der Waals surface area contributed by atoms with E-state index in [1.54, 1.807) is 24.3 Å². The van der Waals surface area contributed by atoms with E-state index in [2.05, 4.69) is 6.92 Å². The standard InChI is InChI=1S/C24H26O6/c1-4-6-11-28-20-10-8-17(13-22(20)27-5-2)24(26)29-15-18-14-23(25)30-21-12-16(3)7-9-19(18)21/h7-10,12-14H,4-6,11,15H2,1-3H3. The molecule has 1 aromatic heterocycles. The average Bonchev–Trinajstić information content (AvgIpc) is 2.72. The minimum Gasteiger partial charge on any atom is -0.490 e. The highest BCUT2D eigenvalue weighted by atomic mass is 16.5. The number of unbranched alkanes of at least 4 members (excludes halogenated alkanes) is 1. The lowest BCUT2D eigenvalue weighted by molar-refractivity contribution is 0.0473. The Morgan fingerprint density at radius 2 is 1.83 bits per heavy atom. The van der Waals surface area contributed by atoms with Gasteiger partial charge in [-0.3, -0.25) is 0 Å². The van der Waals surface area contributed by atoms with Crippen molar-refractivity contribution in [3.63, 3.8) is 0 Å². The summed E-state index contributed by atoms with van der Waals surface area (Å²) >= 11 is 0. The van der Waals surface area contributed by atoms with Crippen molar-refractivity contribution in [2.75, 3.05) is 13.2 Å². The maximum Gasteiger partial charge on any atom is 0.338 e. The second-order valence-electron chi connectivity index (χ2n) is 6.96. The fourth-order valence-corrected chi connectivity index (χ4v) is 3.03. The number of hydrogen-bond acceptors (Lipinski definition) is 6. The van der Waals surface area contributed by atoms with E-state index in [4.69, 9.17) is 18.6 Å². The fourth-order valence-electron chi connectivity index (χ4n) is 3.03. The summed E-state index contributed by atoms with van der Waals surface area (Å²) in [5.41, 5.74) is 1.92. The number of rotatable bonds is 9. The second-order valence-corrected chi connectivity index (χ2v) is 6.96. The first kappa shape index (κ1) is 21.4. The summed E-state index contributed by atoms with van der Waals surface area (Å²) in [6.07, 6.45) is 1.97. The number of esters is 1. The molecule has 0 aliphatic heterocycles. The molecule has 0 N–H and O–H groups in total. The van der Waals surface area contributed by atoms with Crippen LogP contribution in [0, 0.1) is 6.92 Å². The Hall–Kier alpha value is -3.28. The number of carbonyl (C=O) groups excluding carboxylic acids is 1. The van der Waals surface area contributed by atoms with Crippen LogP contribution in [-0.4, -0.2) is 19.2 Å². The molecule has 0 saturated heterocycles. The molecule has 0 aliphatic rings. The van der Waals surface area contributed by atoms with Crippen LogP contribution in [0.25, 0.3) is 11.0 Å². The van der Waals surface area contributed by atoms with Crippen LogP contribution in [0.1, 0.15) is 48.2 Å². The predicted molar refractivity (Wildman–Crippen MR) is 114 cm³/mol. The smallest absolute Gasteiger partial charge is 0.338 e. The van der Waals surface area contributed by atoms with Crippen LogP contribution in [0.4, 0.5) is 0 Å². The van der Waals surface area contributed by atoms with E-state index >= 15 is 0 Å². The largest absolute Gasteiger partial charge is 0.490 e. The van der Waals surface area contributed by atoms with Crippen LogP contribution in [0.15, 0.2) is 51.7 Å². The highest BCUT2D eigenvalue weighted by Gasteiger charge is 2.14. The molecular formula is C24H26O6. The van der Waals surface area contributed by atoms with Gasteiger partial charge in [0.25, 0.3) is 0 Å². The number of carbonyl (C=O) groups is 1. The SMILES string of the molecule is CCCCOc1ccc(C(=O)OCc2cc(=O)oc3cc(C)ccc23)cc1OCC. The van der Waals surface area contributed by atoms with Gasteiger partial charge in [-0.05, 0) is 50.1 Å². The van der Waals surface area contributed by atoms with Crippen molar-refractivity contribution in [3.05, 3.63) is 69.6 Å². The van der Waals surface area contributed by atoms with Gasteiger partial charge in [0.1, 0.15) is 12.2 Å². The topological polar surface area (TPSA) is 75.0 Å². The minimum atomic E-state index is -0.510. The maximum absolute atomic E-state index is 12.6. The number of ether oxygens (including phenoxy) is 3. The number of fused-ring (bicyclic) bond motifs is 1. The first-order chi connectivity index (χ1) is 14.5. The van der Waals surface area contributed by atoms with Crippen molar-refractivity contribution in [3.8, 4) is 11.5 Å². The number of benzene rings is 2. The Bertz CT molecular complexity index is 1080. The van der Waals surface area contributed by atoms with Crippen molar-refractivity contribution in [1.82, 2.24) is 0 Å². The molecule has 0 radical (unpaired) electrons. The lowest BCUT2D eigenvalue weighted by Gasteiger charge is -2.13. The molecule has 2 aromatic carbocycles. The van der Waals surface area contributed by atoms with Gasteiger partial charge in [-0.15, -0.1) is 0 Å². The molecule has 0 atom stereocenters. The quantitative estimate of drug-likeness (QED) is 0.280. The minimum absolute atomic E-state index is 0.0390. The molecule has 0 fully saturated rings. The van der Waals surface area contributed by atoms with E-state index in [1.807, 2.05) is 26.0 Å². The number of hydrogen-bond donors (Lipinski definition) is 0. The Labute approximate surface area is 175 Å². The van der Waals surface area contributed by atoms with E-state index in [9.17, 15) is 9.59 Å². The van der Waals surface area contributed by atoms with Gasteiger partial charge in [-0.1, -0.05) is 25.5 Å². The van der Waals surface area contributed by atoms with Crippen molar-refractivity contribution in [1.29, 1.82) is 0 Å². The molecule has 158 valence electrons. The van der Waals surface area contributed by atoms with Gasteiger partial charge in [0.05, 0.1) is 18.8 Å². The summed E-state index contributed by atoms with van der Waals surface area (Å²) in [5.74, 6) is 0.595. The predicted octanol–water partition coefficient (Wildman–Crippen LogP) is 5.04. The third kappa shape index (κ3) is 5.20. The molecule has 0 bridgehead atoms. The van der Waals surface area contributed by atoms with Crippen LogP contribution >= 0.6 is 0 Å². The lowest BCUT2D eigenvalue weighted by Crippen LogP contribution is -2.09. The summed E-state index contributed by atoms with van der Waals surface area (Å²) in [5, 5.41) is 0.739. The summed E-state index contributed by atoms with van der Waals surface area (Å²) < 4.78 is 22.1. The zero-order valence-electron chi connectivity index (χ0n) is 17.5. The normalized spacial score (nSPS) is 10.8. The monoisotopic (exact) mass is 410 g/mol. The van der Waals surface area contributed by atoms with Crippen molar-refractivity contribution >= 4 is 16.9 Å². The van der Waals surface area contributed by atoms with Crippen LogP contribution in [0.3, 0.4) is 0 Å².